The second-order valence-corrected chi connectivity index (χ2v) is 5.34. The molecule has 0 spiro atoms. The van der Waals surface area contributed by atoms with Gasteiger partial charge < -0.3 is 5.11 Å². The van der Waals surface area contributed by atoms with Crippen molar-refractivity contribution < 1.29 is 9.90 Å². The molecule has 2 heterocycles. The fourth-order valence-electron chi connectivity index (χ4n) is 2.88. The summed E-state index contributed by atoms with van der Waals surface area (Å²) in [6.45, 7) is 1.89. The number of fused-ring (bicyclic) bond motifs is 1. The SMILES string of the molecule is Cc1cc2nnc(CC3(C(=O)O)CCCC3)n2cn1. The van der Waals surface area contributed by atoms with E-state index in [1.165, 1.54) is 0 Å². The minimum Gasteiger partial charge on any atom is -0.481 e. The van der Waals surface area contributed by atoms with Gasteiger partial charge in [0.2, 0.25) is 0 Å². The van der Waals surface area contributed by atoms with Gasteiger partial charge in [0, 0.05) is 18.2 Å². The van der Waals surface area contributed by atoms with Crippen LogP contribution >= 0.6 is 0 Å². The van der Waals surface area contributed by atoms with Gasteiger partial charge in [0.25, 0.3) is 0 Å². The summed E-state index contributed by atoms with van der Waals surface area (Å²) in [6.07, 6.45) is 5.48. The quantitative estimate of drug-likeness (QED) is 0.907. The highest BCUT2D eigenvalue weighted by atomic mass is 16.4. The van der Waals surface area contributed by atoms with Crippen LogP contribution in [0.5, 0.6) is 0 Å². The Morgan fingerprint density at radius 1 is 1.42 bits per heavy atom. The summed E-state index contributed by atoms with van der Waals surface area (Å²) in [6, 6.07) is 1.85. The van der Waals surface area contributed by atoms with E-state index < -0.39 is 11.4 Å². The normalized spacial score (nSPS) is 17.9. The highest BCUT2D eigenvalue weighted by Gasteiger charge is 2.42. The van der Waals surface area contributed by atoms with Crippen LogP contribution in [0.4, 0.5) is 0 Å². The minimum atomic E-state index is -0.721. The maximum absolute atomic E-state index is 11.6. The smallest absolute Gasteiger partial charge is 0.310 e. The molecule has 2 aromatic heterocycles. The number of aliphatic carboxylic acids is 1. The molecule has 0 aromatic carbocycles. The van der Waals surface area contributed by atoms with Crippen LogP contribution in [0.25, 0.3) is 5.65 Å². The molecule has 1 N–H and O–H groups in total. The van der Waals surface area contributed by atoms with Gasteiger partial charge in [0.1, 0.15) is 12.2 Å². The van der Waals surface area contributed by atoms with Gasteiger partial charge in [-0.25, -0.2) is 4.98 Å². The first kappa shape index (κ1) is 12.1. The highest BCUT2D eigenvalue weighted by Crippen LogP contribution is 2.40. The number of carboxylic acid groups (broad SMARTS) is 1. The second-order valence-electron chi connectivity index (χ2n) is 5.34. The number of carboxylic acids is 1. The maximum Gasteiger partial charge on any atom is 0.310 e. The van der Waals surface area contributed by atoms with Crippen LogP contribution < -0.4 is 0 Å². The molecule has 1 saturated carbocycles. The summed E-state index contributed by atoms with van der Waals surface area (Å²) in [7, 11) is 0. The molecule has 100 valence electrons. The lowest BCUT2D eigenvalue weighted by molar-refractivity contribution is -0.148. The predicted octanol–water partition coefficient (Wildman–Crippen LogP) is 1.62. The van der Waals surface area contributed by atoms with Crippen LogP contribution in [0, 0.1) is 12.3 Å². The van der Waals surface area contributed by atoms with E-state index in [4.69, 9.17) is 0 Å². The molecule has 1 aliphatic carbocycles. The molecule has 0 radical (unpaired) electrons. The van der Waals surface area contributed by atoms with Gasteiger partial charge in [-0.05, 0) is 19.8 Å². The third-order valence-electron chi connectivity index (χ3n) is 4.02. The van der Waals surface area contributed by atoms with Crippen LogP contribution in [0.1, 0.15) is 37.2 Å². The number of aromatic nitrogens is 4. The molecule has 1 fully saturated rings. The van der Waals surface area contributed by atoms with Gasteiger partial charge in [0.15, 0.2) is 5.65 Å². The van der Waals surface area contributed by atoms with E-state index in [1.54, 1.807) is 10.7 Å². The molecule has 6 heteroatoms. The van der Waals surface area contributed by atoms with Crippen molar-refractivity contribution in [2.75, 3.05) is 0 Å². The van der Waals surface area contributed by atoms with E-state index in [1.807, 2.05) is 13.0 Å². The van der Waals surface area contributed by atoms with Crippen LogP contribution in [0.15, 0.2) is 12.4 Å². The van der Waals surface area contributed by atoms with Crippen molar-refractivity contribution in [2.45, 2.75) is 39.0 Å². The predicted molar refractivity (Wildman–Crippen MR) is 67.8 cm³/mol. The number of carbonyl (C=O) groups is 1. The summed E-state index contributed by atoms with van der Waals surface area (Å²) >= 11 is 0. The second kappa shape index (κ2) is 4.29. The lowest BCUT2D eigenvalue weighted by atomic mass is 9.82. The van der Waals surface area contributed by atoms with E-state index in [0.29, 0.717) is 12.2 Å². The number of nitrogens with zero attached hydrogens (tertiary/aromatic N) is 4. The van der Waals surface area contributed by atoms with Crippen LogP contribution in [-0.2, 0) is 11.2 Å². The number of hydrogen-bond acceptors (Lipinski definition) is 4. The molecular weight excluding hydrogens is 244 g/mol. The minimum absolute atomic E-state index is 0.425. The Bertz CT molecular complexity index is 629. The lowest BCUT2D eigenvalue weighted by Crippen LogP contribution is -2.31. The van der Waals surface area contributed by atoms with Gasteiger partial charge in [0.05, 0.1) is 5.41 Å². The summed E-state index contributed by atoms with van der Waals surface area (Å²) in [5.41, 5.74) is 0.926. The highest BCUT2D eigenvalue weighted by molar-refractivity contribution is 5.75. The van der Waals surface area contributed by atoms with E-state index in [2.05, 4.69) is 15.2 Å². The average Bonchev–Trinajstić information content (AvgIpc) is 2.98. The number of rotatable bonds is 3. The largest absolute Gasteiger partial charge is 0.481 e. The Hall–Kier alpha value is -1.98. The van der Waals surface area contributed by atoms with Crippen LogP contribution in [-0.4, -0.2) is 30.7 Å². The summed E-state index contributed by atoms with van der Waals surface area (Å²) in [5.74, 6) is -0.0337. The maximum atomic E-state index is 11.6. The van der Waals surface area contributed by atoms with Crippen molar-refractivity contribution in [1.29, 1.82) is 0 Å². The summed E-state index contributed by atoms with van der Waals surface area (Å²) in [5, 5.41) is 17.7. The van der Waals surface area contributed by atoms with Gasteiger partial charge >= 0.3 is 5.97 Å². The van der Waals surface area contributed by atoms with Crippen LogP contribution in [0.2, 0.25) is 0 Å². The standard InChI is InChI=1S/C13H16N4O2/c1-9-6-10-15-16-11(17(10)8-14-9)7-13(12(18)19)4-2-3-5-13/h6,8H,2-5,7H2,1H3,(H,18,19). The molecule has 0 unspecified atom stereocenters. The number of aryl methyl sites for hydroxylation is 1. The molecule has 19 heavy (non-hydrogen) atoms. The Kier molecular flexibility index (Phi) is 2.73. The Balaban J connectivity index is 1.98. The molecule has 0 amide bonds. The zero-order chi connectivity index (χ0) is 13.5. The fourth-order valence-corrected chi connectivity index (χ4v) is 2.88. The lowest BCUT2D eigenvalue weighted by Gasteiger charge is -2.22. The van der Waals surface area contributed by atoms with E-state index in [0.717, 1.165) is 37.0 Å². The van der Waals surface area contributed by atoms with E-state index >= 15 is 0 Å². The van der Waals surface area contributed by atoms with Crippen molar-refractivity contribution in [3.8, 4) is 0 Å². The van der Waals surface area contributed by atoms with Crippen molar-refractivity contribution in [1.82, 2.24) is 19.6 Å². The summed E-state index contributed by atoms with van der Waals surface area (Å²) < 4.78 is 1.79. The van der Waals surface area contributed by atoms with Crippen molar-refractivity contribution in [3.63, 3.8) is 0 Å². The zero-order valence-corrected chi connectivity index (χ0v) is 10.8. The molecule has 0 aliphatic heterocycles. The molecule has 0 saturated heterocycles. The van der Waals surface area contributed by atoms with Gasteiger partial charge in [-0.15, -0.1) is 10.2 Å². The molecule has 6 nitrogen and oxygen atoms in total. The molecule has 2 aromatic rings. The molecular formula is C13H16N4O2. The molecule has 1 aliphatic rings. The van der Waals surface area contributed by atoms with Crippen LogP contribution in [0.3, 0.4) is 0 Å². The Morgan fingerprint density at radius 2 is 2.16 bits per heavy atom. The molecule has 3 rings (SSSR count). The average molecular weight is 260 g/mol. The van der Waals surface area contributed by atoms with E-state index in [9.17, 15) is 9.90 Å². The van der Waals surface area contributed by atoms with E-state index in [-0.39, 0.29) is 0 Å². The topological polar surface area (TPSA) is 80.4 Å². The first-order chi connectivity index (χ1) is 9.11. The van der Waals surface area contributed by atoms with Gasteiger partial charge in [-0.3, -0.25) is 9.20 Å². The van der Waals surface area contributed by atoms with Crippen molar-refractivity contribution in [3.05, 3.63) is 23.9 Å². The van der Waals surface area contributed by atoms with Crippen molar-refractivity contribution in [2.24, 2.45) is 5.41 Å². The Morgan fingerprint density at radius 3 is 2.84 bits per heavy atom. The number of hydrogen-bond donors (Lipinski definition) is 1. The fraction of sp³-hybridized carbons (Fsp3) is 0.538. The summed E-state index contributed by atoms with van der Waals surface area (Å²) in [4.78, 5) is 15.8. The third kappa shape index (κ3) is 1.97. The molecule has 0 atom stereocenters. The van der Waals surface area contributed by atoms with Crippen molar-refractivity contribution >= 4 is 11.6 Å². The van der Waals surface area contributed by atoms with Gasteiger partial charge in [-0.2, -0.15) is 0 Å². The third-order valence-corrected chi connectivity index (χ3v) is 4.02. The first-order valence-corrected chi connectivity index (χ1v) is 6.50. The molecule has 0 bridgehead atoms. The Labute approximate surface area is 110 Å². The first-order valence-electron chi connectivity index (χ1n) is 6.50. The zero-order valence-electron chi connectivity index (χ0n) is 10.8. The monoisotopic (exact) mass is 260 g/mol. The van der Waals surface area contributed by atoms with Gasteiger partial charge in [-0.1, -0.05) is 12.8 Å².